The molecule has 0 saturated carbocycles. The zero-order valence-corrected chi connectivity index (χ0v) is 9.74. The molecule has 0 spiro atoms. The molecule has 0 saturated heterocycles. The predicted molar refractivity (Wildman–Crippen MR) is 61.1 cm³/mol. The first-order chi connectivity index (χ1) is 6.82. The van der Waals surface area contributed by atoms with Crippen molar-refractivity contribution in [2.24, 2.45) is 5.73 Å². The van der Waals surface area contributed by atoms with Crippen molar-refractivity contribution in [3.05, 3.63) is 23.8 Å². The molecule has 1 rings (SSSR count). The summed E-state index contributed by atoms with van der Waals surface area (Å²) in [6, 6.07) is 5.20. The van der Waals surface area contributed by atoms with Crippen molar-refractivity contribution in [2.75, 3.05) is 0 Å². The minimum Gasteiger partial charge on any atom is -0.507 e. The van der Waals surface area contributed by atoms with Crippen molar-refractivity contribution in [1.29, 1.82) is 0 Å². The summed E-state index contributed by atoms with van der Waals surface area (Å²) in [7, 11) is 0. The Morgan fingerprint density at radius 1 is 1.33 bits per heavy atom. The molecular weight excluding hydrogens is 190 g/mol. The SMILES string of the molecule is CC(C)Oc1cccc(O)c1C(C)(C)N. The molecule has 0 aromatic heterocycles. The molecule has 0 aliphatic heterocycles. The fraction of sp³-hybridized carbons (Fsp3) is 0.500. The van der Waals surface area contributed by atoms with Crippen molar-refractivity contribution < 1.29 is 9.84 Å². The van der Waals surface area contributed by atoms with E-state index < -0.39 is 5.54 Å². The normalized spacial score (nSPS) is 11.9. The Kier molecular flexibility index (Phi) is 3.25. The van der Waals surface area contributed by atoms with Crippen molar-refractivity contribution in [3.8, 4) is 11.5 Å². The number of hydrogen-bond acceptors (Lipinski definition) is 3. The molecule has 3 N–H and O–H groups in total. The summed E-state index contributed by atoms with van der Waals surface area (Å²) >= 11 is 0. The van der Waals surface area contributed by atoms with Gasteiger partial charge >= 0.3 is 0 Å². The van der Waals surface area contributed by atoms with Crippen LogP contribution < -0.4 is 10.5 Å². The highest BCUT2D eigenvalue weighted by Crippen LogP contribution is 2.35. The molecule has 0 aliphatic rings. The van der Waals surface area contributed by atoms with Crippen molar-refractivity contribution in [2.45, 2.75) is 39.3 Å². The van der Waals surface area contributed by atoms with Gasteiger partial charge in [-0.25, -0.2) is 0 Å². The molecule has 0 unspecified atom stereocenters. The van der Waals surface area contributed by atoms with Gasteiger partial charge in [0, 0.05) is 5.54 Å². The molecule has 0 heterocycles. The molecule has 0 fully saturated rings. The molecule has 0 amide bonds. The fourth-order valence-electron chi connectivity index (χ4n) is 1.52. The lowest BCUT2D eigenvalue weighted by molar-refractivity contribution is 0.234. The van der Waals surface area contributed by atoms with Crippen LogP contribution in [-0.2, 0) is 5.54 Å². The Morgan fingerprint density at radius 2 is 1.93 bits per heavy atom. The van der Waals surface area contributed by atoms with Gasteiger partial charge in [-0.05, 0) is 39.8 Å². The second-order valence-electron chi connectivity index (χ2n) is 4.54. The molecular formula is C12H19NO2. The van der Waals surface area contributed by atoms with Crippen LogP contribution in [0.3, 0.4) is 0 Å². The van der Waals surface area contributed by atoms with Gasteiger partial charge in [0.15, 0.2) is 0 Å². The quantitative estimate of drug-likeness (QED) is 0.803. The van der Waals surface area contributed by atoms with Gasteiger partial charge in [0.05, 0.1) is 11.7 Å². The molecule has 0 radical (unpaired) electrons. The lowest BCUT2D eigenvalue weighted by Gasteiger charge is -2.24. The summed E-state index contributed by atoms with van der Waals surface area (Å²) in [5.74, 6) is 0.832. The minimum atomic E-state index is -0.616. The predicted octanol–water partition coefficient (Wildman–Crippen LogP) is 2.37. The molecule has 0 atom stereocenters. The molecule has 3 nitrogen and oxygen atoms in total. The van der Waals surface area contributed by atoms with Crippen LogP contribution in [0.2, 0.25) is 0 Å². The highest BCUT2D eigenvalue weighted by molar-refractivity contribution is 5.47. The van der Waals surface area contributed by atoms with Gasteiger partial charge in [-0.1, -0.05) is 6.07 Å². The first-order valence-corrected chi connectivity index (χ1v) is 5.10. The minimum absolute atomic E-state index is 0.0629. The van der Waals surface area contributed by atoms with E-state index in [2.05, 4.69) is 0 Å². The van der Waals surface area contributed by atoms with E-state index >= 15 is 0 Å². The molecule has 1 aromatic rings. The van der Waals surface area contributed by atoms with Crippen molar-refractivity contribution >= 4 is 0 Å². The highest BCUT2D eigenvalue weighted by Gasteiger charge is 2.23. The van der Waals surface area contributed by atoms with Crippen molar-refractivity contribution in [3.63, 3.8) is 0 Å². The topological polar surface area (TPSA) is 55.5 Å². The number of benzene rings is 1. The van der Waals surface area contributed by atoms with Gasteiger partial charge in [-0.2, -0.15) is 0 Å². The van der Waals surface area contributed by atoms with Crippen LogP contribution in [0.15, 0.2) is 18.2 Å². The smallest absolute Gasteiger partial charge is 0.128 e. The Labute approximate surface area is 90.9 Å². The maximum Gasteiger partial charge on any atom is 0.128 e. The van der Waals surface area contributed by atoms with Crippen LogP contribution >= 0.6 is 0 Å². The van der Waals surface area contributed by atoms with Gasteiger partial charge in [-0.3, -0.25) is 0 Å². The number of phenolic OH excluding ortho intramolecular Hbond substituents is 1. The van der Waals surface area contributed by atoms with Crippen LogP contribution in [0.5, 0.6) is 11.5 Å². The maximum absolute atomic E-state index is 9.78. The van der Waals surface area contributed by atoms with Crippen LogP contribution in [0.4, 0.5) is 0 Å². The lowest BCUT2D eigenvalue weighted by atomic mass is 9.93. The summed E-state index contributed by atoms with van der Waals surface area (Å²) in [6.07, 6.45) is 0.0629. The molecule has 3 heteroatoms. The third-order valence-corrected chi connectivity index (χ3v) is 2.01. The second-order valence-corrected chi connectivity index (χ2v) is 4.54. The van der Waals surface area contributed by atoms with E-state index in [1.807, 2.05) is 33.8 Å². The average Bonchev–Trinajstić information content (AvgIpc) is 1.99. The monoisotopic (exact) mass is 209 g/mol. The van der Waals surface area contributed by atoms with E-state index in [1.54, 1.807) is 12.1 Å². The van der Waals surface area contributed by atoms with Crippen LogP contribution in [0.25, 0.3) is 0 Å². The van der Waals surface area contributed by atoms with Crippen molar-refractivity contribution in [1.82, 2.24) is 0 Å². The first-order valence-electron chi connectivity index (χ1n) is 5.10. The fourth-order valence-corrected chi connectivity index (χ4v) is 1.52. The Morgan fingerprint density at radius 3 is 2.40 bits per heavy atom. The number of aromatic hydroxyl groups is 1. The molecule has 15 heavy (non-hydrogen) atoms. The summed E-state index contributed by atoms with van der Waals surface area (Å²) in [4.78, 5) is 0. The largest absolute Gasteiger partial charge is 0.507 e. The van der Waals surface area contributed by atoms with Gasteiger partial charge in [0.2, 0.25) is 0 Å². The number of phenols is 1. The van der Waals surface area contributed by atoms with E-state index in [4.69, 9.17) is 10.5 Å². The van der Waals surface area contributed by atoms with Gasteiger partial charge in [-0.15, -0.1) is 0 Å². The molecule has 1 aromatic carbocycles. The van der Waals surface area contributed by atoms with Gasteiger partial charge in [0.1, 0.15) is 11.5 Å². The molecule has 0 aliphatic carbocycles. The van der Waals surface area contributed by atoms with E-state index in [-0.39, 0.29) is 11.9 Å². The summed E-state index contributed by atoms with van der Waals surface area (Å²) < 4.78 is 5.61. The van der Waals surface area contributed by atoms with Crippen LogP contribution in [0.1, 0.15) is 33.3 Å². The van der Waals surface area contributed by atoms with Crippen LogP contribution in [-0.4, -0.2) is 11.2 Å². The maximum atomic E-state index is 9.78. The van der Waals surface area contributed by atoms with E-state index in [0.29, 0.717) is 11.3 Å². The lowest BCUT2D eigenvalue weighted by Crippen LogP contribution is -2.29. The summed E-state index contributed by atoms with van der Waals surface area (Å²) in [5.41, 5.74) is 6.03. The number of rotatable bonds is 3. The average molecular weight is 209 g/mol. The summed E-state index contributed by atoms with van der Waals surface area (Å²) in [5, 5.41) is 9.78. The van der Waals surface area contributed by atoms with E-state index in [0.717, 1.165) is 0 Å². The van der Waals surface area contributed by atoms with E-state index in [1.165, 1.54) is 0 Å². The first kappa shape index (κ1) is 11.9. The standard InChI is InChI=1S/C12H19NO2/c1-8(2)15-10-7-5-6-9(14)11(10)12(3,4)13/h5-8,14H,13H2,1-4H3. The van der Waals surface area contributed by atoms with Crippen LogP contribution in [0, 0.1) is 0 Å². The number of ether oxygens (including phenoxy) is 1. The zero-order chi connectivity index (χ0) is 11.6. The second kappa shape index (κ2) is 4.11. The molecule has 0 bridgehead atoms. The Hall–Kier alpha value is -1.22. The zero-order valence-electron chi connectivity index (χ0n) is 9.74. The summed E-state index contributed by atoms with van der Waals surface area (Å²) in [6.45, 7) is 7.57. The molecule has 84 valence electrons. The van der Waals surface area contributed by atoms with Gasteiger partial charge < -0.3 is 15.6 Å². The third-order valence-electron chi connectivity index (χ3n) is 2.01. The van der Waals surface area contributed by atoms with E-state index in [9.17, 15) is 5.11 Å². The third kappa shape index (κ3) is 2.86. The number of nitrogens with two attached hydrogens (primary N) is 1. The Balaban J connectivity index is 3.21. The van der Waals surface area contributed by atoms with Gasteiger partial charge in [0.25, 0.3) is 0 Å². The highest BCUT2D eigenvalue weighted by atomic mass is 16.5. The number of hydrogen-bond donors (Lipinski definition) is 2. The Bertz CT molecular complexity index is 340.